The molecule has 0 saturated heterocycles. The predicted octanol–water partition coefficient (Wildman–Crippen LogP) is 6.02. The second-order valence-corrected chi connectivity index (χ2v) is 13.5. The molecular formula is C28H30Cl4N6O2S. The first-order valence-electron chi connectivity index (χ1n) is 13.2. The molecule has 13 heteroatoms. The molecule has 2 aromatic carbocycles. The highest BCUT2D eigenvalue weighted by Crippen LogP contribution is 2.54. The van der Waals surface area contributed by atoms with E-state index >= 15 is 0 Å². The predicted molar refractivity (Wildman–Crippen MR) is 163 cm³/mol. The zero-order chi connectivity index (χ0) is 29.3. The Hall–Kier alpha value is -1.98. The zero-order valence-electron chi connectivity index (χ0n) is 22.1. The van der Waals surface area contributed by atoms with Crippen molar-refractivity contribution in [3.8, 4) is 0 Å². The van der Waals surface area contributed by atoms with Crippen LogP contribution in [0.1, 0.15) is 36.8 Å². The molecule has 4 aromatic rings. The highest BCUT2D eigenvalue weighted by Gasteiger charge is 2.59. The molecule has 3 N–H and O–H groups in total. The molecule has 218 valence electrons. The first kappa shape index (κ1) is 30.5. The Morgan fingerprint density at radius 1 is 0.854 bits per heavy atom. The molecule has 2 fully saturated rings. The Kier molecular flexibility index (Phi) is 8.89. The average Bonchev–Trinajstić information content (AvgIpc) is 3.77. The topological polar surface area (TPSA) is 105 Å². The molecule has 2 unspecified atom stereocenters. The molecule has 8 nitrogen and oxygen atoms in total. The molecular weight excluding hydrogens is 626 g/mol. The molecule has 0 amide bonds. The largest absolute Gasteiger partial charge is 0.386 e. The third-order valence-electron chi connectivity index (χ3n) is 7.86. The molecule has 0 aliphatic heterocycles. The van der Waals surface area contributed by atoms with E-state index in [0.717, 1.165) is 36.8 Å². The van der Waals surface area contributed by atoms with Crippen LogP contribution in [-0.4, -0.2) is 60.7 Å². The van der Waals surface area contributed by atoms with Crippen LogP contribution in [0.4, 0.5) is 0 Å². The number of aromatic nitrogens is 6. The highest BCUT2D eigenvalue weighted by atomic mass is 35.5. The summed E-state index contributed by atoms with van der Waals surface area (Å²) in [6, 6.07) is 15.0. The fraction of sp³-hybridized carbons (Fsp3) is 0.429. The minimum Gasteiger partial charge on any atom is -0.386 e. The number of alkyl halides is 2. The zero-order valence-corrected chi connectivity index (χ0v) is 25.9. The van der Waals surface area contributed by atoms with Gasteiger partial charge in [-0.15, -0.1) is 23.2 Å². The average molecular weight is 656 g/mol. The molecule has 0 radical (unpaired) electrons. The van der Waals surface area contributed by atoms with Gasteiger partial charge in [-0.05, 0) is 61.2 Å². The summed E-state index contributed by atoms with van der Waals surface area (Å²) >= 11 is 30.6. The van der Waals surface area contributed by atoms with Gasteiger partial charge in [0.25, 0.3) is 0 Å². The van der Waals surface area contributed by atoms with E-state index in [4.69, 9.17) is 58.6 Å². The minimum atomic E-state index is -1.13. The molecule has 2 atom stereocenters. The molecule has 0 spiro atoms. The van der Waals surface area contributed by atoms with E-state index < -0.39 is 21.0 Å². The second kappa shape index (κ2) is 12.0. The molecule has 2 aliphatic rings. The van der Waals surface area contributed by atoms with Gasteiger partial charge in [-0.2, -0.15) is 5.10 Å². The van der Waals surface area contributed by atoms with Crippen molar-refractivity contribution in [1.29, 1.82) is 0 Å². The Bertz CT molecular complexity index is 1540. The maximum Gasteiger partial charge on any atom is 0.215 e. The van der Waals surface area contributed by atoms with E-state index in [1.165, 1.54) is 12.7 Å². The van der Waals surface area contributed by atoms with Crippen molar-refractivity contribution in [2.45, 2.75) is 72.6 Å². The molecule has 2 heterocycles. The molecule has 41 heavy (non-hydrogen) atoms. The molecule has 0 bridgehead atoms. The van der Waals surface area contributed by atoms with Gasteiger partial charge in [0.2, 0.25) is 4.77 Å². The van der Waals surface area contributed by atoms with E-state index in [1.54, 1.807) is 15.7 Å². The van der Waals surface area contributed by atoms with Crippen molar-refractivity contribution in [3.05, 3.63) is 93.5 Å². The molecule has 2 aliphatic carbocycles. The SMILES string of the molecule is OC(Cc1ccccc1Cl)(Cn1[nH]cnc1=S)C1(Cl)CC1.OC(Cc1ccccc1Cl)(Cn1cncn1)C1(Cl)CC1. The van der Waals surface area contributed by atoms with Gasteiger partial charge in [0.15, 0.2) is 0 Å². The van der Waals surface area contributed by atoms with Gasteiger partial charge in [0, 0.05) is 22.9 Å². The normalized spacial score (nSPS) is 19.4. The van der Waals surface area contributed by atoms with Crippen LogP contribution in [-0.2, 0) is 25.9 Å². The van der Waals surface area contributed by atoms with Crippen LogP contribution >= 0.6 is 58.6 Å². The summed E-state index contributed by atoms with van der Waals surface area (Å²) in [4.78, 5) is 6.64. The van der Waals surface area contributed by atoms with Crippen molar-refractivity contribution >= 4 is 58.6 Å². The fourth-order valence-corrected chi connectivity index (χ4v) is 6.03. The number of benzene rings is 2. The van der Waals surface area contributed by atoms with Crippen LogP contribution in [0, 0.1) is 4.77 Å². The van der Waals surface area contributed by atoms with Crippen molar-refractivity contribution in [2.75, 3.05) is 0 Å². The third kappa shape index (κ3) is 6.82. The summed E-state index contributed by atoms with van der Waals surface area (Å²) in [6.07, 6.45) is 8.45. The lowest BCUT2D eigenvalue weighted by molar-refractivity contribution is 0.00708. The van der Waals surface area contributed by atoms with Gasteiger partial charge in [-0.3, -0.25) is 9.78 Å². The number of nitrogens with one attached hydrogen (secondary N) is 1. The summed E-state index contributed by atoms with van der Waals surface area (Å²) in [5, 5.41) is 30.5. The van der Waals surface area contributed by atoms with Crippen molar-refractivity contribution in [3.63, 3.8) is 0 Å². The maximum atomic E-state index is 11.2. The van der Waals surface area contributed by atoms with Crippen molar-refractivity contribution < 1.29 is 10.2 Å². The lowest BCUT2D eigenvalue weighted by Gasteiger charge is -2.33. The van der Waals surface area contributed by atoms with E-state index in [9.17, 15) is 10.2 Å². The minimum absolute atomic E-state index is 0.264. The number of aliphatic hydroxyl groups is 2. The Morgan fingerprint density at radius 2 is 1.37 bits per heavy atom. The number of aromatic amines is 1. The maximum absolute atomic E-state index is 11.2. The molecule has 2 aromatic heterocycles. The van der Waals surface area contributed by atoms with Crippen LogP contribution in [0.3, 0.4) is 0 Å². The Morgan fingerprint density at radius 3 is 1.78 bits per heavy atom. The number of nitrogens with zero attached hydrogens (tertiary/aromatic N) is 5. The summed E-state index contributed by atoms with van der Waals surface area (Å²) in [7, 11) is 0. The van der Waals surface area contributed by atoms with Crippen LogP contribution in [0.15, 0.2) is 67.5 Å². The molecule has 2 saturated carbocycles. The van der Waals surface area contributed by atoms with Crippen molar-refractivity contribution in [1.82, 2.24) is 29.5 Å². The van der Waals surface area contributed by atoms with E-state index in [-0.39, 0.29) is 6.54 Å². The second-order valence-electron chi connectivity index (χ2n) is 10.9. The monoisotopic (exact) mass is 654 g/mol. The van der Waals surface area contributed by atoms with Gasteiger partial charge in [0.05, 0.1) is 22.8 Å². The number of hydrogen-bond acceptors (Lipinski definition) is 6. The van der Waals surface area contributed by atoms with Gasteiger partial charge < -0.3 is 10.2 Å². The first-order chi connectivity index (χ1) is 19.5. The lowest BCUT2D eigenvalue weighted by Crippen LogP contribution is -2.47. The van der Waals surface area contributed by atoms with Crippen molar-refractivity contribution in [2.24, 2.45) is 0 Å². The number of halogens is 4. The van der Waals surface area contributed by atoms with Gasteiger partial charge in [-0.25, -0.2) is 14.6 Å². The summed E-state index contributed by atoms with van der Waals surface area (Å²) in [5.74, 6) is 0. The smallest absolute Gasteiger partial charge is 0.215 e. The van der Waals surface area contributed by atoms with Crippen LogP contribution in [0.25, 0.3) is 0 Å². The van der Waals surface area contributed by atoms with Gasteiger partial charge in [0.1, 0.15) is 30.2 Å². The van der Waals surface area contributed by atoms with E-state index in [1.807, 2.05) is 48.5 Å². The Balaban J connectivity index is 0.000000165. The number of hydrogen-bond donors (Lipinski definition) is 3. The summed E-state index contributed by atoms with van der Waals surface area (Å²) in [6.45, 7) is 0.572. The first-order valence-corrected chi connectivity index (χ1v) is 15.1. The lowest BCUT2D eigenvalue weighted by atomic mass is 9.89. The van der Waals surface area contributed by atoms with Gasteiger partial charge in [-0.1, -0.05) is 59.6 Å². The fourth-order valence-electron chi connectivity index (χ4n) is 5.01. The van der Waals surface area contributed by atoms with Gasteiger partial charge >= 0.3 is 0 Å². The standard InChI is InChI=1S/C14H15Cl2N3OS.C14H15Cl2N3O/c15-11-4-2-1-3-10(11)7-14(20,13(16)5-6-13)8-19-12(21)17-9-18-19;15-12-4-2-1-3-11(12)7-14(20,13(16)5-6-13)8-19-10-17-9-18-19/h1-4,9,20H,5-8H2,(H,17,18,21);1-4,9-10,20H,5-8H2. The van der Waals surface area contributed by atoms with Crippen LogP contribution in [0.5, 0.6) is 0 Å². The quantitative estimate of drug-likeness (QED) is 0.143. The summed E-state index contributed by atoms with van der Waals surface area (Å²) in [5.41, 5.74) is -0.458. The highest BCUT2D eigenvalue weighted by molar-refractivity contribution is 7.71. The van der Waals surface area contributed by atoms with E-state index in [0.29, 0.717) is 34.2 Å². The van der Waals surface area contributed by atoms with E-state index in [2.05, 4.69) is 20.2 Å². The number of H-pyrrole nitrogens is 1. The third-order valence-corrected chi connectivity index (χ3v) is 10.4. The number of rotatable bonds is 10. The summed E-state index contributed by atoms with van der Waals surface area (Å²) < 4.78 is 3.64. The van der Waals surface area contributed by atoms with Crippen LogP contribution < -0.4 is 0 Å². The Labute approximate surface area is 263 Å². The molecule has 6 rings (SSSR count). The van der Waals surface area contributed by atoms with Crippen LogP contribution in [0.2, 0.25) is 10.0 Å².